The van der Waals surface area contributed by atoms with Crippen molar-refractivity contribution in [2.75, 3.05) is 47.0 Å². The molecule has 1 fully saturated rings. The molecular weight excluding hydrogens is 356 g/mol. The van der Waals surface area contributed by atoms with E-state index in [0.29, 0.717) is 13.1 Å². The van der Waals surface area contributed by atoms with Gasteiger partial charge in [0.05, 0.1) is 14.2 Å². The summed E-state index contributed by atoms with van der Waals surface area (Å²) in [6, 6.07) is 13.7. The van der Waals surface area contributed by atoms with Crippen LogP contribution in [-0.2, 0) is 11.3 Å². The molecule has 0 aliphatic carbocycles. The number of hydrogen-bond donors (Lipinski definition) is 0. The average molecular weight is 384 g/mol. The van der Waals surface area contributed by atoms with Crippen LogP contribution in [0, 0.1) is 6.92 Å². The fraction of sp³-hybridized carbons (Fsp3) is 0.409. The van der Waals surface area contributed by atoms with Gasteiger partial charge in [-0.2, -0.15) is 0 Å². The molecule has 1 amide bonds. The summed E-state index contributed by atoms with van der Waals surface area (Å²) in [7, 11) is 3.28. The smallest absolute Gasteiger partial charge is 0.260 e. The standard InChI is InChI=1S/C22H28N2O4/c1-17-5-4-6-19(13-17)28-16-22(25)24-11-9-23(10-12-24)15-18-7-8-20(26-2)21(14-18)27-3/h4-8,13-14H,9-12,15-16H2,1-3H3. The van der Waals surface area contributed by atoms with Gasteiger partial charge in [-0.05, 0) is 42.3 Å². The summed E-state index contributed by atoms with van der Waals surface area (Å²) in [4.78, 5) is 16.6. The van der Waals surface area contributed by atoms with Gasteiger partial charge in [0.25, 0.3) is 5.91 Å². The van der Waals surface area contributed by atoms with Gasteiger partial charge in [0.2, 0.25) is 0 Å². The van der Waals surface area contributed by atoms with E-state index in [0.717, 1.165) is 42.4 Å². The fourth-order valence-electron chi connectivity index (χ4n) is 3.33. The van der Waals surface area contributed by atoms with Gasteiger partial charge in [0, 0.05) is 32.7 Å². The predicted octanol–water partition coefficient (Wildman–Crippen LogP) is 2.74. The number of aryl methyl sites for hydroxylation is 1. The number of ether oxygens (including phenoxy) is 3. The third kappa shape index (κ3) is 5.16. The first-order valence-corrected chi connectivity index (χ1v) is 9.49. The summed E-state index contributed by atoms with van der Waals surface area (Å²) in [6.07, 6.45) is 0. The van der Waals surface area contributed by atoms with Crippen molar-refractivity contribution in [2.24, 2.45) is 0 Å². The van der Waals surface area contributed by atoms with Crippen LogP contribution >= 0.6 is 0 Å². The first-order valence-electron chi connectivity index (χ1n) is 9.49. The Morgan fingerprint density at radius 2 is 1.71 bits per heavy atom. The minimum absolute atomic E-state index is 0.0345. The minimum atomic E-state index is 0.0345. The first-order chi connectivity index (χ1) is 13.6. The Bertz CT molecular complexity index is 801. The van der Waals surface area contributed by atoms with Gasteiger partial charge >= 0.3 is 0 Å². The molecule has 2 aromatic rings. The van der Waals surface area contributed by atoms with Crippen LogP contribution in [0.5, 0.6) is 17.2 Å². The van der Waals surface area contributed by atoms with Gasteiger partial charge < -0.3 is 19.1 Å². The number of amides is 1. The Kier molecular flexibility index (Phi) is 6.76. The van der Waals surface area contributed by atoms with E-state index in [1.807, 2.05) is 48.2 Å². The molecule has 0 bridgehead atoms. The van der Waals surface area contributed by atoms with Crippen LogP contribution in [0.3, 0.4) is 0 Å². The lowest BCUT2D eigenvalue weighted by molar-refractivity contribution is -0.135. The molecule has 1 saturated heterocycles. The second kappa shape index (κ2) is 9.46. The Morgan fingerprint density at radius 1 is 0.964 bits per heavy atom. The Morgan fingerprint density at radius 3 is 2.39 bits per heavy atom. The van der Waals surface area contributed by atoms with Crippen molar-refractivity contribution in [3.63, 3.8) is 0 Å². The van der Waals surface area contributed by atoms with Crippen molar-refractivity contribution in [3.8, 4) is 17.2 Å². The third-order valence-corrected chi connectivity index (χ3v) is 4.93. The van der Waals surface area contributed by atoms with Crippen LogP contribution < -0.4 is 14.2 Å². The maximum Gasteiger partial charge on any atom is 0.260 e. The van der Waals surface area contributed by atoms with Crippen molar-refractivity contribution in [2.45, 2.75) is 13.5 Å². The van der Waals surface area contributed by atoms with E-state index in [2.05, 4.69) is 11.0 Å². The molecule has 0 aromatic heterocycles. The number of carbonyl (C=O) groups is 1. The topological polar surface area (TPSA) is 51.2 Å². The van der Waals surface area contributed by atoms with E-state index in [4.69, 9.17) is 14.2 Å². The summed E-state index contributed by atoms with van der Waals surface area (Å²) in [6.45, 7) is 6.01. The molecule has 6 heteroatoms. The second-order valence-corrected chi connectivity index (χ2v) is 6.95. The number of hydrogen-bond acceptors (Lipinski definition) is 5. The molecule has 28 heavy (non-hydrogen) atoms. The Hall–Kier alpha value is -2.73. The zero-order chi connectivity index (χ0) is 19.9. The largest absolute Gasteiger partial charge is 0.493 e. The normalized spacial score (nSPS) is 14.6. The summed E-state index contributed by atoms with van der Waals surface area (Å²) in [5.74, 6) is 2.24. The lowest BCUT2D eigenvalue weighted by atomic mass is 10.1. The van der Waals surface area contributed by atoms with Crippen LogP contribution in [-0.4, -0.2) is 62.7 Å². The highest BCUT2D eigenvalue weighted by Crippen LogP contribution is 2.28. The number of methoxy groups -OCH3 is 2. The molecule has 1 aliphatic heterocycles. The molecule has 0 atom stereocenters. The maximum atomic E-state index is 12.4. The highest BCUT2D eigenvalue weighted by atomic mass is 16.5. The summed E-state index contributed by atoms with van der Waals surface area (Å²) in [5, 5.41) is 0. The van der Waals surface area contributed by atoms with Gasteiger partial charge in [-0.25, -0.2) is 0 Å². The van der Waals surface area contributed by atoms with Gasteiger partial charge in [0.1, 0.15) is 5.75 Å². The van der Waals surface area contributed by atoms with E-state index in [1.54, 1.807) is 14.2 Å². The van der Waals surface area contributed by atoms with E-state index in [1.165, 1.54) is 5.56 Å². The number of benzene rings is 2. The number of rotatable bonds is 7. The summed E-state index contributed by atoms with van der Waals surface area (Å²) >= 11 is 0. The van der Waals surface area contributed by atoms with Gasteiger partial charge in [-0.15, -0.1) is 0 Å². The second-order valence-electron chi connectivity index (χ2n) is 6.95. The molecule has 3 rings (SSSR count). The van der Waals surface area contributed by atoms with Crippen LogP contribution in [0.2, 0.25) is 0 Å². The molecule has 2 aromatic carbocycles. The van der Waals surface area contributed by atoms with Crippen LogP contribution in [0.1, 0.15) is 11.1 Å². The van der Waals surface area contributed by atoms with Crippen LogP contribution in [0.15, 0.2) is 42.5 Å². The van der Waals surface area contributed by atoms with Crippen molar-refractivity contribution in [1.29, 1.82) is 0 Å². The third-order valence-electron chi connectivity index (χ3n) is 4.93. The fourth-order valence-corrected chi connectivity index (χ4v) is 3.33. The SMILES string of the molecule is COc1ccc(CN2CCN(C(=O)COc3cccc(C)c3)CC2)cc1OC. The Labute approximate surface area is 166 Å². The average Bonchev–Trinajstić information content (AvgIpc) is 2.72. The van der Waals surface area contributed by atoms with Crippen molar-refractivity contribution in [3.05, 3.63) is 53.6 Å². The summed E-state index contributed by atoms with van der Waals surface area (Å²) < 4.78 is 16.3. The van der Waals surface area contributed by atoms with Crippen molar-refractivity contribution < 1.29 is 19.0 Å². The Balaban J connectivity index is 1.47. The zero-order valence-electron chi connectivity index (χ0n) is 16.8. The summed E-state index contributed by atoms with van der Waals surface area (Å²) in [5.41, 5.74) is 2.29. The molecule has 0 N–H and O–H groups in total. The molecule has 150 valence electrons. The zero-order valence-corrected chi connectivity index (χ0v) is 16.8. The molecule has 0 unspecified atom stereocenters. The van der Waals surface area contributed by atoms with E-state index >= 15 is 0 Å². The van der Waals surface area contributed by atoms with Gasteiger partial charge in [-0.1, -0.05) is 18.2 Å². The quantitative estimate of drug-likeness (QED) is 0.735. The first kappa shape index (κ1) is 20.0. The monoisotopic (exact) mass is 384 g/mol. The molecule has 0 spiro atoms. The highest BCUT2D eigenvalue weighted by Gasteiger charge is 2.21. The predicted molar refractivity (Wildman–Crippen MR) is 108 cm³/mol. The van der Waals surface area contributed by atoms with E-state index in [9.17, 15) is 4.79 Å². The van der Waals surface area contributed by atoms with Gasteiger partial charge in [-0.3, -0.25) is 9.69 Å². The molecule has 6 nitrogen and oxygen atoms in total. The number of piperazine rings is 1. The van der Waals surface area contributed by atoms with Crippen LogP contribution in [0.4, 0.5) is 0 Å². The maximum absolute atomic E-state index is 12.4. The van der Waals surface area contributed by atoms with E-state index in [-0.39, 0.29) is 12.5 Å². The molecule has 0 radical (unpaired) electrons. The van der Waals surface area contributed by atoms with Gasteiger partial charge in [0.15, 0.2) is 18.1 Å². The van der Waals surface area contributed by atoms with Crippen molar-refractivity contribution >= 4 is 5.91 Å². The van der Waals surface area contributed by atoms with E-state index < -0.39 is 0 Å². The molecular formula is C22H28N2O4. The lowest BCUT2D eigenvalue weighted by Crippen LogP contribution is -2.49. The molecule has 1 aliphatic rings. The number of carbonyl (C=O) groups excluding carboxylic acids is 1. The van der Waals surface area contributed by atoms with Crippen molar-refractivity contribution in [1.82, 2.24) is 9.80 Å². The lowest BCUT2D eigenvalue weighted by Gasteiger charge is -2.34. The van der Waals surface area contributed by atoms with Crippen LogP contribution in [0.25, 0.3) is 0 Å². The highest BCUT2D eigenvalue weighted by molar-refractivity contribution is 5.77. The molecule has 0 saturated carbocycles. The molecule has 1 heterocycles. The number of nitrogens with zero attached hydrogens (tertiary/aromatic N) is 2. The minimum Gasteiger partial charge on any atom is -0.493 e.